The van der Waals surface area contributed by atoms with Gasteiger partial charge in [0.25, 0.3) is 0 Å². The molecule has 0 aliphatic heterocycles. The first-order valence-electron chi connectivity index (χ1n) is 5.79. The topological polar surface area (TPSA) is 72.2 Å². The third-order valence-electron chi connectivity index (χ3n) is 2.62. The van der Waals surface area contributed by atoms with Crippen molar-refractivity contribution in [1.82, 2.24) is 4.72 Å². The Hall–Kier alpha value is -0.780. The van der Waals surface area contributed by atoms with E-state index in [1.807, 2.05) is 13.8 Å². The van der Waals surface area contributed by atoms with Gasteiger partial charge in [0.2, 0.25) is 10.0 Å². The normalized spacial score (nSPS) is 12.1. The number of anilines is 1. The molecule has 0 aliphatic carbocycles. The van der Waals surface area contributed by atoms with Gasteiger partial charge >= 0.3 is 0 Å². The predicted octanol–water partition coefficient (Wildman–Crippen LogP) is 2.56. The molecule has 0 radical (unpaired) electrons. The lowest BCUT2D eigenvalue weighted by Crippen LogP contribution is -2.26. The molecule has 0 heterocycles. The zero-order valence-corrected chi connectivity index (χ0v) is 12.4. The van der Waals surface area contributed by atoms with Crippen LogP contribution in [0.3, 0.4) is 0 Å². The number of hydrogen-bond acceptors (Lipinski definition) is 3. The number of sulfonamides is 1. The van der Waals surface area contributed by atoms with Gasteiger partial charge in [0.1, 0.15) is 4.90 Å². The Balaban J connectivity index is 2.95. The second-order valence-corrected chi connectivity index (χ2v) is 6.86. The van der Waals surface area contributed by atoms with E-state index in [0.717, 1.165) is 12.0 Å². The molecule has 0 atom stereocenters. The van der Waals surface area contributed by atoms with Crippen LogP contribution in [-0.4, -0.2) is 15.0 Å². The number of rotatable bonds is 5. The highest BCUT2D eigenvalue weighted by Gasteiger charge is 2.18. The highest BCUT2D eigenvalue weighted by atomic mass is 35.5. The van der Waals surface area contributed by atoms with Crippen molar-refractivity contribution in [2.75, 3.05) is 12.3 Å². The molecule has 0 spiro atoms. The Morgan fingerprint density at radius 2 is 2.00 bits per heavy atom. The van der Waals surface area contributed by atoms with Crippen LogP contribution in [0, 0.1) is 12.8 Å². The minimum absolute atomic E-state index is 0.0380. The minimum Gasteiger partial charge on any atom is -0.398 e. The summed E-state index contributed by atoms with van der Waals surface area (Å²) in [5.41, 5.74) is 6.90. The van der Waals surface area contributed by atoms with Gasteiger partial charge in [0.15, 0.2) is 0 Å². The van der Waals surface area contributed by atoms with E-state index < -0.39 is 10.0 Å². The van der Waals surface area contributed by atoms with E-state index in [1.54, 1.807) is 13.0 Å². The summed E-state index contributed by atoms with van der Waals surface area (Å²) in [5, 5.41) is 0.193. The molecule has 1 rings (SSSR count). The molecule has 0 aliphatic rings. The van der Waals surface area contributed by atoms with Gasteiger partial charge in [-0.25, -0.2) is 13.1 Å². The number of nitrogen functional groups attached to an aromatic ring is 1. The Kier molecular flexibility index (Phi) is 5.01. The molecule has 0 saturated heterocycles. The van der Waals surface area contributed by atoms with Crippen LogP contribution in [0.5, 0.6) is 0 Å². The zero-order chi connectivity index (χ0) is 13.9. The Morgan fingerprint density at radius 3 is 2.56 bits per heavy atom. The maximum absolute atomic E-state index is 12.0. The van der Waals surface area contributed by atoms with Crippen molar-refractivity contribution in [3.8, 4) is 0 Å². The van der Waals surface area contributed by atoms with E-state index in [1.165, 1.54) is 6.07 Å². The molecule has 0 fully saturated rings. The number of aryl methyl sites for hydroxylation is 1. The van der Waals surface area contributed by atoms with Crippen LogP contribution in [0.15, 0.2) is 17.0 Å². The number of halogens is 1. The van der Waals surface area contributed by atoms with Crippen LogP contribution in [-0.2, 0) is 10.0 Å². The molecule has 0 amide bonds. The number of benzene rings is 1. The second-order valence-electron chi connectivity index (χ2n) is 4.72. The lowest BCUT2D eigenvalue weighted by atomic mass is 10.1. The average molecular weight is 291 g/mol. The fourth-order valence-corrected chi connectivity index (χ4v) is 3.10. The third kappa shape index (κ3) is 3.86. The Morgan fingerprint density at radius 1 is 1.39 bits per heavy atom. The minimum atomic E-state index is -3.59. The van der Waals surface area contributed by atoms with E-state index in [2.05, 4.69) is 4.72 Å². The molecule has 1 aromatic rings. The Labute approximate surface area is 114 Å². The maximum atomic E-state index is 12.0. The van der Waals surface area contributed by atoms with Crippen molar-refractivity contribution in [2.45, 2.75) is 32.1 Å². The molecular weight excluding hydrogens is 272 g/mol. The van der Waals surface area contributed by atoms with E-state index in [-0.39, 0.29) is 9.92 Å². The maximum Gasteiger partial charge on any atom is 0.242 e. The lowest BCUT2D eigenvalue weighted by molar-refractivity contribution is 0.551. The van der Waals surface area contributed by atoms with Gasteiger partial charge in [-0.3, -0.25) is 0 Å². The first kappa shape index (κ1) is 15.3. The molecule has 0 saturated carbocycles. The highest BCUT2D eigenvalue weighted by molar-refractivity contribution is 7.89. The van der Waals surface area contributed by atoms with Crippen molar-refractivity contribution in [3.63, 3.8) is 0 Å². The summed E-state index contributed by atoms with van der Waals surface area (Å²) >= 11 is 5.95. The zero-order valence-electron chi connectivity index (χ0n) is 10.8. The van der Waals surface area contributed by atoms with Crippen molar-refractivity contribution in [3.05, 3.63) is 22.7 Å². The van der Waals surface area contributed by atoms with Crippen LogP contribution in [0.2, 0.25) is 5.02 Å². The summed E-state index contributed by atoms with van der Waals surface area (Å²) in [6, 6.07) is 2.96. The van der Waals surface area contributed by atoms with Crippen molar-refractivity contribution in [2.24, 2.45) is 5.92 Å². The van der Waals surface area contributed by atoms with Crippen LogP contribution >= 0.6 is 11.6 Å². The molecular formula is C12H19ClN2O2S. The van der Waals surface area contributed by atoms with Gasteiger partial charge in [0.05, 0.1) is 5.02 Å². The highest BCUT2D eigenvalue weighted by Crippen LogP contribution is 2.26. The van der Waals surface area contributed by atoms with Crippen LogP contribution in [0.1, 0.15) is 25.8 Å². The summed E-state index contributed by atoms with van der Waals surface area (Å²) < 4.78 is 26.6. The van der Waals surface area contributed by atoms with Gasteiger partial charge in [-0.15, -0.1) is 0 Å². The summed E-state index contributed by atoms with van der Waals surface area (Å²) in [7, 11) is -3.59. The Bertz CT molecular complexity index is 527. The fraction of sp³-hybridized carbons (Fsp3) is 0.500. The van der Waals surface area contributed by atoms with E-state index >= 15 is 0 Å². The number of nitrogens with two attached hydrogens (primary N) is 1. The van der Waals surface area contributed by atoms with Gasteiger partial charge in [0, 0.05) is 12.2 Å². The van der Waals surface area contributed by atoms with Gasteiger partial charge in [-0.05, 0) is 37.0 Å². The van der Waals surface area contributed by atoms with Crippen molar-refractivity contribution in [1.29, 1.82) is 0 Å². The monoisotopic (exact) mass is 290 g/mol. The number of hydrogen-bond donors (Lipinski definition) is 2. The van der Waals surface area contributed by atoms with Crippen LogP contribution in [0.4, 0.5) is 5.69 Å². The molecule has 3 N–H and O–H groups in total. The largest absolute Gasteiger partial charge is 0.398 e. The summed E-state index contributed by atoms with van der Waals surface area (Å²) in [4.78, 5) is 0.0380. The van der Waals surface area contributed by atoms with Crippen molar-refractivity contribution < 1.29 is 8.42 Å². The predicted molar refractivity (Wildman–Crippen MR) is 75.2 cm³/mol. The molecule has 0 unspecified atom stereocenters. The molecule has 18 heavy (non-hydrogen) atoms. The SMILES string of the molecule is Cc1cc(Cl)c(S(=O)(=O)NCCC(C)C)cc1N. The smallest absolute Gasteiger partial charge is 0.242 e. The number of nitrogens with one attached hydrogen (secondary N) is 1. The first-order valence-corrected chi connectivity index (χ1v) is 7.65. The molecule has 102 valence electrons. The summed E-state index contributed by atoms with van der Waals surface area (Å²) in [6.45, 7) is 6.24. The van der Waals surface area contributed by atoms with E-state index in [0.29, 0.717) is 18.2 Å². The van der Waals surface area contributed by atoms with Gasteiger partial charge in [-0.1, -0.05) is 25.4 Å². The van der Waals surface area contributed by atoms with E-state index in [9.17, 15) is 8.42 Å². The van der Waals surface area contributed by atoms with Gasteiger partial charge < -0.3 is 5.73 Å². The van der Waals surface area contributed by atoms with Crippen molar-refractivity contribution >= 4 is 27.3 Å². The molecule has 0 bridgehead atoms. The van der Waals surface area contributed by atoms with E-state index in [4.69, 9.17) is 17.3 Å². The summed E-state index contributed by atoms with van der Waals surface area (Å²) in [6.07, 6.45) is 0.776. The van der Waals surface area contributed by atoms with Gasteiger partial charge in [-0.2, -0.15) is 0 Å². The molecule has 6 heteroatoms. The third-order valence-corrected chi connectivity index (χ3v) is 4.55. The quantitative estimate of drug-likeness (QED) is 0.819. The molecule has 4 nitrogen and oxygen atoms in total. The fourth-order valence-electron chi connectivity index (χ4n) is 1.43. The average Bonchev–Trinajstić information content (AvgIpc) is 2.22. The molecule has 1 aromatic carbocycles. The lowest BCUT2D eigenvalue weighted by Gasteiger charge is -2.11. The molecule has 0 aromatic heterocycles. The van der Waals surface area contributed by atoms with Crippen LogP contribution < -0.4 is 10.5 Å². The second kappa shape index (κ2) is 5.91. The standard InChI is InChI=1S/C12H19ClN2O2S/c1-8(2)4-5-15-18(16,17)12-7-11(14)9(3)6-10(12)13/h6-8,15H,4-5,14H2,1-3H3. The first-order chi connectivity index (χ1) is 8.24. The van der Waals surface area contributed by atoms with Crippen LogP contribution in [0.25, 0.3) is 0 Å². The summed E-state index contributed by atoms with van der Waals surface area (Å²) in [5.74, 6) is 0.436.